The maximum atomic E-state index is 6.48. The molecular formula is C20H23ClN2O2S. The molecule has 0 amide bonds. The van der Waals surface area contributed by atoms with Crippen molar-refractivity contribution in [3.8, 4) is 11.5 Å². The maximum Gasteiger partial charge on any atom is 0.171 e. The van der Waals surface area contributed by atoms with Crippen LogP contribution in [0.3, 0.4) is 0 Å². The Balaban J connectivity index is 1.81. The number of methoxy groups -OCH3 is 2. The molecular weight excluding hydrogens is 368 g/mol. The van der Waals surface area contributed by atoms with Crippen LogP contribution >= 0.6 is 23.8 Å². The Morgan fingerprint density at radius 1 is 1.08 bits per heavy atom. The summed E-state index contributed by atoms with van der Waals surface area (Å²) in [5.74, 6) is 1.40. The Labute approximate surface area is 164 Å². The average molecular weight is 391 g/mol. The summed E-state index contributed by atoms with van der Waals surface area (Å²) in [6, 6.07) is 13.6. The van der Waals surface area contributed by atoms with Crippen molar-refractivity contribution in [3.05, 3.63) is 53.1 Å². The van der Waals surface area contributed by atoms with Crippen LogP contribution < -0.4 is 20.1 Å². The van der Waals surface area contributed by atoms with Gasteiger partial charge in [0.25, 0.3) is 0 Å². The lowest BCUT2D eigenvalue weighted by molar-refractivity contribution is 0.395. The van der Waals surface area contributed by atoms with Crippen molar-refractivity contribution >= 4 is 34.6 Å². The number of rotatable bonds is 5. The molecule has 1 saturated carbocycles. The van der Waals surface area contributed by atoms with Crippen LogP contribution in [0.15, 0.2) is 42.5 Å². The average Bonchev–Trinajstić information content (AvgIpc) is 3.11. The van der Waals surface area contributed by atoms with Gasteiger partial charge >= 0.3 is 0 Å². The number of benzene rings is 2. The normalized spacial score (nSPS) is 15.3. The molecule has 0 saturated heterocycles. The number of hydrogen-bond donors (Lipinski definition) is 2. The van der Waals surface area contributed by atoms with Crippen LogP contribution in [-0.4, -0.2) is 19.3 Å². The third-order valence-corrected chi connectivity index (χ3v) is 5.39. The summed E-state index contributed by atoms with van der Waals surface area (Å²) in [6.45, 7) is 0. The topological polar surface area (TPSA) is 42.5 Å². The van der Waals surface area contributed by atoms with E-state index in [2.05, 4.69) is 16.7 Å². The largest absolute Gasteiger partial charge is 0.497 e. The Hall–Kier alpha value is -1.98. The van der Waals surface area contributed by atoms with E-state index in [0.29, 0.717) is 10.9 Å². The zero-order valence-electron chi connectivity index (χ0n) is 15.0. The Bertz CT molecular complexity index is 791. The van der Waals surface area contributed by atoms with E-state index in [4.69, 9.17) is 33.3 Å². The van der Waals surface area contributed by atoms with Crippen molar-refractivity contribution in [1.82, 2.24) is 5.32 Å². The lowest BCUT2D eigenvalue weighted by Gasteiger charge is -2.33. The van der Waals surface area contributed by atoms with E-state index in [9.17, 15) is 0 Å². The van der Waals surface area contributed by atoms with Crippen LogP contribution in [0, 0.1) is 0 Å². The number of anilines is 1. The molecule has 1 aliphatic rings. The number of ether oxygens (including phenoxy) is 2. The van der Waals surface area contributed by atoms with Gasteiger partial charge in [-0.3, -0.25) is 0 Å². The molecule has 2 N–H and O–H groups in total. The van der Waals surface area contributed by atoms with Crippen molar-refractivity contribution < 1.29 is 9.47 Å². The van der Waals surface area contributed by atoms with E-state index in [-0.39, 0.29) is 5.54 Å². The molecule has 1 fully saturated rings. The van der Waals surface area contributed by atoms with Gasteiger partial charge in [0.15, 0.2) is 5.11 Å². The van der Waals surface area contributed by atoms with Gasteiger partial charge in [-0.15, -0.1) is 0 Å². The van der Waals surface area contributed by atoms with Crippen molar-refractivity contribution in [3.63, 3.8) is 0 Å². The van der Waals surface area contributed by atoms with Gasteiger partial charge in [-0.25, -0.2) is 0 Å². The van der Waals surface area contributed by atoms with E-state index in [0.717, 1.165) is 47.7 Å². The maximum absolute atomic E-state index is 6.48. The zero-order valence-corrected chi connectivity index (χ0v) is 16.5. The monoisotopic (exact) mass is 390 g/mol. The predicted molar refractivity (Wildman–Crippen MR) is 111 cm³/mol. The number of hydrogen-bond acceptors (Lipinski definition) is 3. The molecule has 0 radical (unpaired) electrons. The molecule has 6 heteroatoms. The quantitative estimate of drug-likeness (QED) is 0.694. The van der Waals surface area contributed by atoms with Crippen molar-refractivity contribution in [1.29, 1.82) is 0 Å². The summed E-state index contributed by atoms with van der Waals surface area (Å²) in [5, 5.41) is 8.10. The highest BCUT2D eigenvalue weighted by atomic mass is 35.5. The van der Waals surface area contributed by atoms with Gasteiger partial charge in [-0.1, -0.05) is 42.6 Å². The highest BCUT2D eigenvalue weighted by Gasteiger charge is 2.37. The summed E-state index contributed by atoms with van der Waals surface area (Å²) < 4.78 is 10.7. The fourth-order valence-corrected chi connectivity index (χ4v) is 4.18. The number of nitrogens with one attached hydrogen (secondary N) is 2. The highest BCUT2D eigenvalue weighted by Crippen LogP contribution is 2.41. The first-order chi connectivity index (χ1) is 12.6. The summed E-state index contributed by atoms with van der Waals surface area (Å²) >= 11 is 12.1. The fraction of sp³-hybridized carbons (Fsp3) is 0.350. The minimum absolute atomic E-state index is 0.234. The van der Waals surface area contributed by atoms with Crippen molar-refractivity contribution in [2.75, 3.05) is 19.5 Å². The third-order valence-electron chi connectivity index (χ3n) is 4.86. The molecule has 4 nitrogen and oxygen atoms in total. The lowest BCUT2D eigenvalue weighted by atomic mass is 9.88. The first-order valence-corrected chi connectivity index (χ1v) is 9.43. The minimum Gasteiger partial charge on any atom is -0.497 e. The van der Waals surface area contributed by atoms with Gasteiger partial charge in [0, 0.05) is 11.1 Å². The molecule has 0 bridgehead atoms. The predicted octanol–water partition coefficient (Wildman–Crippen LogP) is 5.11. The van der Waals surface area contributed by atoms with Crippen LogP contribution in [0.25, 0.3) is 0 Å². The molecule has 138 valence electrons. The summed E-state index contributed by atoms with van der Waals surface area (Å²) in [5.41, 5.74) is 1.66. The van der Waals surface area contributed by atoms with Gasteiger partial charge in [-0.05, 0) is 48.8 Å². The summed E-state index contributed by atoms with van der Waals surface area (Å²) in [4.78, 5) is 0. The fourth-order valence-electron chi connectivity index (χ4n) is 3.56. The van der Waals surface area contributed by atoms with Gasteiger partial charge < -0.3 is 20.1 Å². The lowest BCUT2D eigenvalue weighted by Crippen LogP contribution is -2.45. The van der Waals surface area contributed by atoms with E-state index in [1.807, 2.05) is 36.4 Å². The molecule has 0 aliphatic heterocycles. The van der Waals surface area contributed by atoms with Gasteiger partial charge in [0.1, 0.15) is 11.5 Å². The smallest absolute Gasteiger partial charge is 0.171 e. The summed E-state index contributed by atoms with van der Waals surface area (Å²) in [6.07, 6.45) is 4.29. The third kappa shape index (κ3) is 3.89. The van der Waals surface area contributed by atoms with Crippen LogP contribution in [-0.2, 0) is 5.54 Å². The van der Waals surface area contributed by atoms with E-state index in [1.54, 1.807) is 14.2 Å². The molecule has 26 heavy (non-hydrogen) atoms. The molecule has 2 aromatic carbocycles. The Morgan fingerprint density at radius 3 is 2.46 bits per heavy atom. The number of thiocarbonyl (C=S) groups is 1. The molecule has 2 aromatic rings. The summed E-state index contributed by atoms with van der Waals surface area (Å²) in [7, 11) is 3.25. The minimum atomic E-state index is -0.234. The zero-order chi connectivity index (χ0) is 18.6. The second-order valence-corrected chi connectivity index (χ2v) is 7.23. The molecule has 3 rings (SSSR count). The van der Waals surface area contributed by atoms with Crippen LogP contribution in [0.4, 0.5) is 5.69 Å². The van der Waals surface area contributed by atoms with Gasteiger partial charge in [0.2, 0.25) is 0 Å². The van der Waals surface area contributed by atoms with Crippen LogP contribution in [0.5, 0.6) is 11.5 Å². The molecule has 0 unspecified atom stereocenters. The molecule has 1 aliphatic carbocycles. The van der Waals surface area contributed by atoms with Crippen molar-refractivity contribution in [2.45, 2.75) is 31.2 Å². The molecule has 0 spiro atoms. The molecule has 0 atom stereocenters. The standard InChI is InChI=1S/C20H23ClN2O2S/c1-24-14-9-10-17(18(13-14)25-2)22-19(26)23-20(11-5-6-12-20)15-7-3-4-8-16(15)21/h3-4,7-10,13H,5-6,11-12H2,1-2H3,(H2,22,23,26). The van der Waals surface area contributed by atoms with Crippen LogP contribution in [0.1, 0.15) is 31.2 Å². The SMILES string of the molecule is COc1ccc(NC(=S)NC2(c3ccccc3Cl)CCCC2)c(OC)c1. The van der Waals surface area contributed by atoms with Gasteiger partial charge in [0.05, 0.1) is 25.4 Å². The second-order valence-electron chi connectivity index (χ2n) is 6.41. The molecule has 0 heterocycles. The Kier molecular flexibility index (Phi) is 5.89. The van der Waals surface area contributed by atoms with Gasteiger partial charge in [-0.2, -0.15) is 0 Å². The first kappa shape index (κ1) is 18.8. The molecule has 0 aromatic heterocycles. The van der Waals surface area contributed by atoms with E-state index in [1.165, 1.54) is 0 Å². The van der Waals surface area contributed by atoms with Crippen LogP contribution in [0.2, 0.25) is 5.02 Å². The van der Waals surface area contributed by atoms with E-state index >= 15 is 0 Å². The number of halogens is 1. The first-order valence-electron chi connectivity index (χ1n) is 8.64. The van der Waals surface area contributed by atoms with Crippen molar-refractivity contribution in [2.24, 2.45) is 0 Å². The van der Waals surface area contributed by atoms with E-state index < -0.39 is 0 Å². The second kappa shape index (κ2) is 8.14. The Morgan fingerprint density at radius 2 is 1.81 bits per heavy atom. The highest BCUT2D eigenvalue weighted by molar-refractivity contribution is 7.80.